The average molecular weight is 1390 g/mol. The van der Waals surface area contributed by atoms with Crippen molar-refractivity contribution in [2.24, 2.45) is 0 Å². The molecule has 512 valence electrons. The summed E-state index contributed by atoms with van der Waals surface area (Å²) in [5.41, 5.74) is 8.24. The zero-order valence-corrected chi connectivity index (χ0v) is 54.9. The molecule has 1 unspecified atom stereocenters. The van der Waals surface area contributed by atoms with Crippen LogP contribution in [0.4, 0.5) is 0 Å². The number of nitrogens with one attached hydrogen (secondary N) is 1. The number of carboxylic acids is 1. The second kappa shape index (κ2) is 29.4. The molecule has 0 spiro atoms. The quantitative estimate of drug-likeness (QED) is 0.0920. The highest BCUT2D eigenvalue weighted by atomic mass is 32.2. The molecule has 9 aliphatic rings. The molecular formula is C66H71N9O19S3. The second-order valence-corrected chi connectivity index (χ2v) is 29.5. The molecule has 3 atom stereocenters. The third-order valence-electron chi connectivity index (χ3n) is 17.6. The van der Waals surface area contributed by atoms with Gasteiger partial charge in [-0.2, -0.15) is 12.9 Å². The number of carboxylic acid groups (broad SMARTS) is 1. The van der Waals surface area contributed by atoms with Crippen LogP contribution in [-0.2, 0) is 44.5 Å². The van der Waals surface area contributed by atoms with Gasteiger partial charge in [-0.15, -0.1) is 0 Å². The number of pyridine rings is 3. The number of hydrogen-bond donors (Lipinski definition) is 5. The van der Waals surface area contributed by atoms with Gasteiger partial charge in [-0.25, -0.2) is 40.2 Å². The summed E-state index contributed by atoms with van der Waals surface area (Å²) in [6.45, 7) is 6.22. The van der Waals surface area contributed by atoms with E-state index in [1.54, 1.807) is 40.1 Å². The number of nitrogens with zero attached hydrogens (tertiary/aromatic N) is 8. The van der Waals surface area contributed by atoms with Crippen LogP contribution in [0.2, 0.25) is 0 Å². The first-order valence-electron chi connectivity index (χ1n) is 31.2. The molecule has 6 aromatic rings. The van der Waals surface area contributed by atoms with Crippen LogP contribution in [0.15, 0.2) is 176 Å². The first kappa shape index (κ1) is 68.1. The van der Waals surface area contributed by atoms with Gasteiger partial charge in [0.25, 0.3) is 17.6 Å². The number of rotatable bonds is 15. The van der Waals surface area contributed by atoms with E-state index in [2.05, 4.69) is 20.3 Å². The van der Waals surface area contributed by atoms with Gasteiger partial charge in [0.2, 0.25) is 41.9 Å². The monoisotopic (exact) mass is 1390 g/mol. The molecule has 15 rings (SSSR count). The molecule has 2 amide bonds. The zero-order chi connectivity index (χ0) is 68.0. The van der Waals surface area contributed by atoms with E-state index in [4.69, 9.17) is 38.6 Å². The summed E-state index contributed by atoms with van der Waals surface area (Å²) in [6.07, 6.45) is 3.91. The van der Waals surface area contributed by atoms with Crippen molar-refractivity contribution in [1.29, 1.82) is 0 Å². The van der Waals surface area contributed by atoms with Crippen LogP contribution in [-0.4, -0.2) is 239 Å². The fourth-order valence-corrected chi connectivity index (χ4v) is 16.6. The van der Waals surface area contributed by atoms with Crippen molar-refractivity contribution < 1.29 is 88.5 Å². The predicted octanol–water partition coefficient (Wildman–Crippen LogP) is 2.15. The molecule has 12 heterocycles. The van der Waals surface area contributed by atoms with Crippen LogP contribution in [0, 0.1) is 0 Å². The number of sulfonamides is 3. The largest absolute Gasteiger partial charge is 0.484 e. The Morgan fingerprint density at radius 3 is 0.969 bits per heavy atom. The highest BCUT2D eigenvalue weighted by Gasteiger charge is 2.42. The number of carbonyl (C=O) groups is 3. The Labute approximate surface area is 559 Å². The second-order valence-electron chi connectivity index (χ2n) is 23.7. The minimum Gasteiger partial charge on any atom is -0.484 e. The molecule has 0 aliphatic carbocycles. The summed E-state index contributed by atoms with van der Waals surface area (Å²) in [4.78, 5) is 52.5. The standard InChI is InChI=1S/2C22H23N3O6S.C13H15N3O4S.C9H10O3/c2*26-14-19(15-4-2-1-3-5-15)22(27)24-10-16-12-25(13-17(16)11-24)32(28,29)18-8-20-21(23-9-18)31-7-6-30-20;17-21(18,16-7-9-4-14-5-10(9)8-16)11-3-12-13(15-6-11)20-2-1-19-12;10-6-8(9(11)12)7-4-2-1-3-5-7/h2*1-5,8-9,19,26H,6-7,10-14H2;3,6,14H,1-2,4-5,7-8H2;1-5,8,10H,6H2,(H,11,12)/t2*19-;;/m10../s1. The summed E-state index contributed by atoms with van der Waals surface area (Å²) in [5.74, 6) is -1.37. The van der Waals surface area contributed by atoms with Crippen LogP contribution < -0.4 is 33.7 Å². The highest BCUT2D eigenvalue weighted by molar-refractivity contribution is 7.89. The van der Waals surface area contributed by atoms with E-state index in [-0.39, 0.29) is 72.5 Å². The van der Waals surface area contributed by atoms with Gasteiger partial charge in [0.05, 0.1) is 50.2 Å². The van der Waals surface area contributed by atoms with E-state index in [1.165, 1.54) is 60.9 Å². The van der Waals surface area contributed by atoms with Crippen molar-refractivity contribution in [3.63, 3.8) is 0 Å². The summed E-state index contributed by atoms with van der Waals surface area (Å²) in [7, 11) is -11.1. The number of amides is 2. The average Bonchev–Trinajstić information content (AvgIpc) is 1.67. The molecule has 0 saturated heterocycles. The van der Waals surface area contributed by atoms with Gasteiger partial charge in [0.1, 0.15) is 60.2 Å². The van der Waals surface area contributed by atoms with Crippen molar-refractivity contribution in [1.82, 2.24) is 43.0 Å². The molecule has 31 heteroatoms. The fourth-order valence-electron chi connectivity index (χ4n) is 12.4. The van der Waals surface area contributed by atoms with Crippen LogP contribution in [0.25, 0.3) is 0 Å². The van der Waals surface area contributed by atoms with Gasteiger partial charge in [0.15, 0.2) is 17.2 Å². The van der Waals surface area contributed by atoms with Gasteiger partial charge < -0.3 is 64.0 Å². The van der Waals surface area contributed by atoms with E-state index in [9.17, 15) is 49.9 Å². The maximum Gasteiger partial charge on any atom is 0.313 e. The number of aromatic nitrogens is 3. The Hall–Kier alpha value is -8.89. The molecular weight excluding hydrogens is 1320 g/mol. The van der Waals surface area contributed by atoms with Crippen LogP contribution >= 0.6 is 0 Å². The van der Waals surface area contributed by atoms with Crippen LogP contribution in [0.1, 0.15) is 34.4 Å². The topological polar surface area (TPSA) is 357 Å². The first-order valence-corrected chi connectivity index (χ1v) is 35.5. The SMILES string of the molecule is O=C(O)C(CO)c1ccccc1.O=C([C@@H](CO)c1ccccc1)N1CC2=C(C1)CN(S(=O)(=O)c1cnc3c(c1)OCCO3)C2.O=C([C@H](CO)c1ccccc1)N1CC2=C(C1)CN(S(=O)(=O)c1cnc3c(c1)OCCO3)C2.O=S(=O)(c1cnc2c(c1)OCCO2)N1CC2=C(CNC2)C1. The Morgan fingerprint density at radius 2 is 0.680 bits per heavy atom. The molecule has 5 N–H and O–H groups in total. The summed E-state index contributed by atoms with van der Waals surface area (Å²) in [5, 5.41) is 40.3. The summed E-state index contributed by atoms with van der Waals surface area (Å²) >= 11 is 0. The minimum atomic E-state index is -3.77. The number of aliphatic hydroxyl groups excluding tert-OH is 3. The summed E-state index contributed by atoms with van der Waals surface area (Å²) < 4.78 is 115. The fraction of sp³-hybridized carbons (Fsp3) is 0.364. The molecule has 9 aliphatic heterocycles. The Kier molecular flexibility index (Phi) is 20.7. The van der Waals surface area contributed by atoms with Gasteiger partial charge in [0, 0.05) is 96.7 Å². The molecule has 0 fully saturated rings. The highest BCUT2D eigenvalue weighted by Crippen LogP contribution is 2.38. The Bertz CT molecular complexity index is 4160. The number of hydrogen-bond acceptors (Lipinski definition) is 22. The van der Waals surface area contributed by atoms with Crippen molar-refractivity contribution in [2.75, 3.05) is 138 Å². The number of fused-ring (bicyclic) bond motifs is 3. The van der Waals surface area contributed by atoms with E-state index < -0.39 is 53.8 Å². The van der Waals surface area contributed by atoms with Crippen molar-refractivity contribution >= 4 is 47.9 Å². The lowest BCUT2D eigenvalue weighted by Gasteiger charge is -2.26. The predicted molar refractivity (Wildman–Crippen MR) is 346 cm³/mol. The van der Waals surface area contributed by atoms with Gasteiger partial charge in [-0.3, -0.25) is 14.4 Å². The van der Waals surface area contributed by atoms with E-state index in [1.807, 2.05) is 60.7 Å². The van der Waals surface area contributed by atoms with Gasteiger partial charge >= 0.3 is 5.97 Å². The zero-order valence-electron chi connectivity index (χ0n) is 52.4. The van der Waals surface area contributed by atoms with Crippen LogP contribution in [0.5, 0.6) is 34.9 Å². The minimum absolute atomic E-state index is 0.0558. The number of benzene rings is 3. The van der Waals surface area contributed by atoms with Crippen molar-refractivity contribution in [2.45, 2.75) is 32.4 Å². The Balaban J connectivity index is 0.000000130. The normalized spacial score (nSPS) is 18.9. The maximum atomic E-state index is 13.2. The van der Waals surface area contributed by atoms with Gasteiger partial charge in [-0.1, -0.05) is 91.0 Å². The lowest BCUT2D eigenvalue weighted by Crippen LogP contribution is -2.39. The molecule has 0 radical (unpaired) electrons. The lowest BCUT2D eigenvalue weighted by molar-refractivity contribution is -0.139. The van der Waals surface area contributed by atoms with E-state index in [0.717, 1.165) is 46.5 Å². The molecule has 28 nitrogen and oxygen atoms in total. The molecule has 3 aromatic carbocycles. The number of aliphatic hydroxyl groups is 3. The number of ether oxygens (including phenoxy) is 6. The van der Waals surface area contributed by atoms with E-state index in [0.29, 0.717) is 119 Å². The van der Waals surface area contributed by atoms with Crippen molar-refractivity contribution in [3.8, 4) is 34.9 Å². The summed E-state index contributed by atoms with van der Waals surface area (Å²) in [6, 6.07) is 31.4. The molecule has 3 aromatic heterocycles. The Morgan fingerprint density at radius 1 is 0.402 bits per heavy atom. The van der Waals surface area contributed by atoms with Crippen molar-refractivity contribution in [3.05, 3.63) is 178 Å². The smallest absolute Gasteiger partial charge is 0.313 e. The van der Waals surface area contributed by atoms with Crippen LogP contribution in [0.3, 0.4) is 0 Å². The first-order chi connectivity index (χ1) is 46.8. The lowest BCUT2D eigenvalue weighted by atomic mass is 9.98. The van der Waals surface area contributed by atoms with E-state index >= 15 is 0 Å². The maximum absolute atomic E-state index is 13.2. The number of carbonyl (C=O) groups excluding carboxylic acids is 2. The molecule has 0 bridgehead atoms. The van der Waals surface area contributed by atoms with Gasteiger partial charge in [-0.05, 0) is 50.1 Å². The molecule has 0 saturated carbocycles. The third kappa shape index (κ3) is 14.7. The molecule has 97 heavy (non-hydrogen) atoms. The third-order valence-corrected chi connectivity index (χ3v) is 22.9. The number of aliphatic carboxylic acids is 1.